The summed E-state index contributed by atoms with van der Waals surface area (Å²) >= 11 is 7.60. The van der Waals surface area contributed by atoms with Gasteiger partial charge in [0.05, 0.1) is 12.1 Å². The Labute approximate surface area is 161 Å². The number of halogens is 1. The van der Waals surface area contributed by atoms with Crippen LogP contribution in [0.15, 0.2) is 42.0 Å². The molecule has 5 nitrogen and oxygen atoms in total. The van der Waals surface area contributed by atoms with Crippen molar-refractivity contribution in [2.45, 2.75) is 24.7 Å². The van der Waals surface area contributed by atoms with Gasteiger partial charge in [0.1, 0.15) is 0 Å². The number of hydrogen-bond donors (Lipinski definition) is 1. The van der Waals surface area contributed by atoms with Crippen LogP contribution < -0.4 is 5.32 Å². The van der Waals surface area contributed by atoms with E-state index in [0.29, 0.717) is 26.2 Å². The molecular formula is C19H20ClN3O2S. The van der Waals surface area contributed by atoms with E-state index in [1.54, 1.807) is 11.3 Å². The second-order valence-corrected chi connectivity index (χ2v) is 7.99. The fourth-order valence-corrected chi connectivity index (χ4v) is 4.33. The van der Waals surface area contributed by atoms with Gasteiger partial charge in [0, 0.05) is 48.0 Å². The van der Waals surface area contributed by atoms with Crippen LogP contribution in [0.2, 0.25) is 5.02 Å². The Hall–Kier alpha value is -1.89. The lowest BCUT2D eigenvalue weighted by molar-refractivity contribution is -0.121. The standard InChI is InChI=1S/C19H20ClN3O2S/c20-15-3-1-14(2-4-15)19(5-8-25-9-6-19)13-21-17(24)11-16-12-23-7-10-26-18(23)22-16/h1-4,7,10,12H,5-6,8-9,11,13H2,(H,21,24). The third-order valence-electron chi connectivity index (χ3n) is 5.02. The summed E-state index contributed by atoms with van der Waals surface area (Å²) in [4.78, 5) is 17.9. The van der Waals surface area contributed by atoms with Gasteiger partial charge in [0.15, 0.2) is 4.96 Å². The van der Waals surface area contributed by atoms with Gasteiger partial charge < -0.3 is 10.1 Å². The molecule has 1 N–H and O–H groups in total. The molecule has 0 aliphatic carbocycles. The SMILES string of the molecule is O=C(Cc1cn2ccsc2n1)NCC1(c2ccc(Cl)cc2)CCOCC1. The Morgan fingerprint density at radius 3 is 2.81 bits per heavy atom. The molecule has 26 heavy (non-hydrogen) atoms. The van der Waals surface area contributed by atoms with Crippen molar-refractivity contribution in [3.05, 3.63) is 58.3 Å². The largest absolute Gasteiger partial charge is 0.381 e. The Kier molecular flexibility index (Phi) is 4.98. The van der Waals surface area contributed by atoms with Gasteiger partial charge in [-0.2, -0.15) is 0 Å². The molecule has 2 aromatic heterocycles. The molecule has 0 unspecified atom stereocenters. The van der Waals surface area contributed by atoms with Gasteiger partial charge >= 0.3 is 0 Å². The molecule has 0 bridgehead atoms. The summed E-state index contributed by atoms with van der Waals surface area (Å²) in [6.45, 7) is 2.00. The highest BCUT2D eigenvalue weighted by molar-refractivity contribution is 7.15. The van der Waals surface area contributed by atoms with Gasteiger partial charge in [-0.05, 0) is 30.5 Å². The van der Waals surface area contributed by atoms with Crippen molar-refractivity contribution < 1.29 is 9.53 Å². The minimum absolute atomic E-state index is 0.00409. The van der Waals surface area contributed by atoms with Crippen molar-refractivity contribution >= 4 is 33.8 Å². The predicted molar refractivity (Wildman–Crippen MR) is 103 cm³/mol. The summed E-state index contributed by atoms with van der Waals surface area (Å²) in [7, 11) is 0. The quantitative estimate of drug-likeness (QED) is 0.727. The summed E-state index contributed by atoms with van der Waals surface area (Å²) in [5.41, 5.74) is 1.89. The maximum Gasteiger partial charge on any atom is 0.226 e. The first kappa shape index (κ1) is 17.5. The molecule has 1 aliphatic heterocycles. The normalized spacial score (nSPS) is 16.7. The van der Waals surface area contributed by atoms with Gasteiger partial charge in [0.2, 0.25) is 5.91 Å². The molecule has 7 heteroatoms. The summed E-state index contributed by atoms with van der Waals surface area (Å²) in [5, 5.41) is 5.82. The Balaban J connectivity index is 1.44. The summed E-state index contributed by atoms with van der Waals surface area (Å²) in [6, 6.07) is 7.94. The van der Waals surface area contributed by atoms with E-state index in [-0.39, 0.29) is 11.3 Å². The maximum atomic E-state index is 12.5. The molecular weight excluding hydrogens is 370 g/mol. The number of amides is 1. The molecule has 3 heterocycles. The number of benzene rings is 1. The number of hydrogen-bond acceptors (Lipinski definition) is 4. The zero-order valence-electron chi connectivity index (χ0n) is 14.3. The van der Waals surface area contributed by atoms with Crippen LogP contribution in [-0.4, -0.2) is 35.1 Å². The van der Waals surface area contributed by atoms with Crippen LogP contribution in [0.1, 0.15) is 24.1 Å². The van der Waals surface area contributed by atoms with Crippen LogP contribution in [0.5, 0.6) is 0 Å². The summed E-state index contributed by atoms with van der Waals surface area (Å²) in [5.74, 6) is -0.00409. The van der Waals surface area contributed by atoms with E-state index in [2.05, 4.69) is 22.4 Å². The minimum atomic E-state index is -0.104. The van der Waals surface area contributed by atoms with E-state index < -0.39 is 0 Å². The summed E-state index contributed by atoms with van der Waals surface area (Å²) < 4.78 is 7.49. The van der Waals surface area contributed by atoms with Crippen LogP contribution in [0.3, 0.4) is 0 Å². The molecule has 0 spiro atoms. The average molecular weight is 390 g/mol. The number of nitrogens with one attached hydrogen (secondary N) is 1. The third kappa shape index (κ3) is 3.63. The first-order chi connectivity index (χ1) is 12.6. The Morgan fingerprint density at radius 2 is 2.08 bits per heavy atom. The molecule has 0 radical (unpaired) electrons. The minimum Gasteiger partial charge on any atom is -0.381 e. The van der Waals surface area contributed by atoms with Crippen molar-refractivity contribution in [1.82, 2.24) is 14.7 Å². The lowest BCUT2D eigenvalue weighted by atomic mass is 9.74. The third-order valence-corrected chi connectivity index (χ3v) is 6.04. The maximum absolute atomic E-state index is 12.5. The molecule has 136 valence electrons. The molecule has 1 aliphatic rings. The van der Waals surface area contributed by atoms with Crippen molar-refractivity contribution in [1.29, 1.82) is 0 Å². The van der Waals surface area contributed by atoms with Gasteiger partial charge in [0.25, 0.3) is 0 Å². The average Bonchev–Trinajstić information content (AvgIpc) is 3.23. The molecule has 0 saturated carbocycles. The Bertz CT molecular complexity index is 869. The number of thiazole rings is 1. The lowest BCUT2D eigenvalue weighted by Crippen LogP contribution is -2.45. The number of fused-ring (bicyclic) bond motifs is 1. The van der Waals surface area contributed by atoms with E-state index in [4.69, 9.17) is 16.3 Å². The highest BCUT2D eigenvalue weighted by Crippen LogP contribution is 2.34. The topological polar surface area (TPSA) is 55.6 Å². The number of nitrogens with zero attached hydrogens (tertiary/aromatic N) is 2. The number of aromatic nitrogens is 2. The van der Waals surface area contributed by atoms with Crippen LogP contribution >= 0.6 is 22.9 Å². The molecule has 3 aromatic rings. The molecule has 1 aromatic carbocycles. The van der Waals surface area contributed by atoms with Gasteiger partial charge in [-0.1, -0.05) is 23.7 Å². The number of ether oxygens (including phenoxy) is 1. The highest BCUT2D eigenvalue weighted by atomic mass is 35.5. The monoisotopic (exact) mass is 389 g/mol. The molecule has 1 amide bonds. The predicted octanol–water partition coefficient (Wildman–Crippen LogP) is 3.46. The van der Waals surface area contributed by atoms with E-state index in [9.17, 15) is 4.79 Å². The zero-order chi connectivity index (χ0) is 18.0. The van der Waals surface area contributed by atoms with Gasteiger partial charge in [-0.25, -0.2) is 4.98 Å². The number of carbonyl (C=O) groups is 1. The second-order valence-electron chi connectivity index (χ2n) is 6.68. The van der Waals surface area contributed by atoms with Gasteiger partial charge in [-0.3, -0.25) is 9.20 Å². The smallest absolute Gasteiger partial charge is 0.226 e. The van der Waals surface area contributed by atoms with E-state index in [0.717, 1.165) is 28.5 Å². The van der Waals surface area contributed by atoms with E-state index in [1.165, 1.54) is 5.56 Å². The second kappa shape index (κ2) is 7.39. The molecule has 1 saturated heterocycles. The van der Waals surface area contributed by atoms with Crippen molar-refractivity contribution in [3.8, 4) is 0 Å². The van der Waals surface area contributed by atoms with Crippen molar-refractivity contribution in [2.75, 3.05) is 19.8 Å². The fourth-order valence-electron chi connectivity index (χ4n) is 3.49. The first-order valence-electron chi connectivity index (χ1n) is 8.66. The fraction of sp³-hybridized carbons (Fsp3) is 0.368. The van der Waals surface area contributed by atoms with Gasteiger partial charge in [-0.15, -0.1) is 11.3 Å². The number of rotatable bonds is 5. The zero-order valence-corrected chi connectivity index (χ0v) is 15.9. The number of carbonyl (C=O) groups excluding carboxylic acids is 1. The Morgan fingerprint density at radius 1 is 1.31 bits per heavy atom. The van der Waals surface area contributed by atoms with Crippen LogP contribution in [-0.2, 0) is 21.4 Å². The molecule has 4 rings (SSSR count). The molecule has 0 atom stereocenters. The van der Waals surface area contributed by atoms with Crippen LogP contribution in [0, 0.1) is 0 Å². The van der Waals surface area contributed by atoms with Crippen LogP contribution in [0.4, 0.5) is 0 Å². The summed E-state index contributed by atoms with van der Waals surface area (Å²) in [6.07, 6.45) is 5.92. The van der Waals surface area contributed by atoms with E-state index >= 15 is 0 Å². The highest BCUT2D eigenvalue weighted by Gasteiger charge is 2.34. The lowest BCUT2D eigenvalue weighted by Gasteiger charge is -2.38. The van der Waals surface area contributed by atoms with Crippen molar-refractivity contribution in [3.63, 3.8) is 0 Å². The number of imidazole rings is 1. The van der Waals surface area contributed by atoms with Crippen molar-refractivity contribution in [2.24, 2.45) is 0 Å². The van der Waals surface area contributed by atoms with Crippen LogP contribution in [0.25, 0.3) is 4.96 Å². The van der Waals surface area contributed by atoms with E-state index in [1.807, 2.05) is 34.3 Å². The molecule has 1 fully saturated rings. The first-order valence-corrected chi connectivity index (χ1v) is 9.92.